The van der Waals surface area contributed by atoms with Gasteiger partial charge in [-0.15, -0.1) is 0 Å². The monoisotopic (exact) mass is 279 g/mol. The molecule has 2 aromatic carbocycles. The Bertz CT molecular complexity index is 741. The first kappa shape index (κ1) is 13.4. The lowest BCUT2D eigenvalue weighted by atomic mass is 10.0. The van der Waals surface area contributed by atoms with E-state index in [0.29, 0.717) is 0 Å². The van der Waals surface area contributed by atoms with Crippen molar-refractivity contribution in [3.63, 3.8) is 0 Å². The topological polar surface area (TPSA) is 31.4 Å². The summed E-state index contributed by atoms with van der Waals surface area (Å²) in [7, 11) is 3.32. The summed E-state index contributed by atoms with van der Waals surface area (Å²) >= 11 is 0. The molecular weight excluding hydrogens is 262 g/mol. The first-order valence-corrected chi connectivity index (χ1v) is 6.85. The number of ether oxygens (including phenoxy) is 2. The van der Waals surface area contributed by atoms with Crippen LogP contribution in [0, 0.1) is 0 Å². The van der Waals surface area contributed by atoms with Gasteiger partial charge in [0.05, 0.1) is 19.9 Å². The van der Waals surface area contributed by atoms with Gasteiger partial charge in [-0.3, -0.25) is 4.98 Å². The van der Waals surface area contributed by atoms with E-state index in [-0.39, 0.29) is 0 Å². The Morgan fingerprint density at radius 2 is 1.62 bits per heavy atom. The number of benzene rings is 2. The summed E-state index contributed by atoms with van der Waals surface area (Å²) in [5.41, 5.74) is 2.18. The van der Waals surface area contributed by atoms with Gasteiger partial charge in [0.2, 0.25) is 0 Å². The van der Waals surface area contributed by atoms with E-state index >= 15 is 0 Å². The van der Waals surface area contributed by atoms with Crippen LogP contribution >= 0.6 is 0 Å². The number of hydrogen-bond acceptors (Lipinski definition) is 3. The van der Waals surface area contributed by atoms with Gasteiger partial charge >= 0.3 is 0 Å². The number of hydrogen-bond donors (Lipinski definition) is 0. The van der Waals surface area contributed by atoms with E-state index in [1.165, 1.54) is 10.8 Å². The third kappa shape index (κ3) is 2.82. The minimum absolute atomic E-state index is 0.745. The maximum absolute atomic E-state index is 5.32. The number of nitrogens with zero attached hydrogens (tertiary/aromatic N) is 1. The fourth-order valence-corrected chi connectivity index (χ4v) is 2.48. The molecule has 21 heavy (non-hydrogen) atoms. The molecule has 3 aromatic rings. The van der Waals surface area contributed by atoms with E-state index in [9.17, 15) is 0 Å². The lowest BCUT2D eigenvalue weighted by Crippen LogP contribution is -1.96. The number of aromatic nitrogens is 1. The Morgan fingerprint density at radius 3 is 2.33 bits per heavy atom. The van der Waals surface area contributed by atoms with Crippen LogP contribution in [-0.2, 0) is 6.42 Å². The fourth-order valence-electron chi connectivity index (χ4n) is 2.48. The van der Waals surface area contributed by atoms with Gasteiger partial charge in [-0.1, -0.05) is 24.3 Å². The zero-order valence-corrected chi connectivity index (χ0v) is 12.2. The van der Waals surface area contributed by atoms with Crippen molar-refractivity contribution >= 4 is 10.8 Å². The molecule has 0 N–H and O–H groups in total. The smallest absolute Gasteiger partial charge is 0.122 e. The van der Waals surface area contributed by atoms with E-state index in [1.807, 2.05) is 42.6 Å². The van der Waals surface area contributed by atoms with Crippen molar-refractivity contribution in [2.75, 3.05) is 14.2 Å². The number of pyridine rings is 1. The predicted octanol–water partition coefficient (Wildman–Crippen LogP) is 3.84. The first-order chi connectivity index (χ1) is 10.3. The van der Waals surface area contributed by atoms with Crippen LogP contribution in [-0.4, -0.2) is 19.2 Å². The predicted molar refractivity (Wildman–Crippen MR) is 84.1 cm³/mol. The summed E-state index contributed by atoms with van der Waals surface area (Å²) in [5, 5.41) is 2.39. The second-order valence-electron chi connectivity index (χ2n) is 4.88. The third-order valence-electron chi connectivity index (χ3n) is 3.54. The maximum atomic E-state index is 5.32. The van der Waals surface area contributed by atoms with Gasteiger partial charge in [0.25, 0.3) is 0 Å². The molecular formula is C18H17NO2. The standard InChI is InChI=1S/C18H17NO2/c1-20-15-9-13(10-16(12-15)21-2)11-18-17-6-4-3-5-14(17)7-8-19-18/h3-10,12H,11H2,1-2H3. The molecule has 0 aliphatic heterocycles. The van der Waals surface area contributed by atoms with Crippen LogP contribution in [0.25, 0.3) is 10.8 Å². The van der Waals surface area contributed by atoms with Gasteiger partial charge in [0.15, 0.2) is 0 Å². The quantitative estimate of drug-likeness (QED) is 0.727. The molecule has 0 saturated heterocycles. The Balaban J connectivity index is 2.02. The SMILES string of the molecule is COc1cc(Cc2nccc3ccccc23)cc(OC)c1. The third-order valence-corrected chi connectivity index (χ3v) is 3.54. The van der Waals surface area contributed by atoms with Crippen molar-refractivity contribution in [3.8, 4) is 11.5 Å². The average molecular weight is 279 g/mol. The van der Waals surface area contributed by atoms with Crippen molar-refractivity contribution in [3.05, 3.63) is 66.0 Å². The lowest BCUT2D eigenvalue weighted by molar-refractivity contribution is 0.393. The summed E-state index contributed by atoms with van der Waals surface area (Å²) in [6.07, 6.45) is 2.60. The van der Waals surface area contributed by atoms with Crippen molar-refractivity contribution in [2.24, 2.45) is 0 Å². The van der Waals surface area contributed by atoms with Gasteiger partial charge in [0, 0.05) is 24.1 Å². The molecule has 1 aromatic heterocycles. The molecule has 0 saturated carbocycles. The van der Waals surface area contributed by atoms with Crippen molar-refractivity contribution < 1.29 is 9.47 Å². The van der Waals surface area contributed by atoms with Crippen LogP contribution in [0.5, 0.6) is 11.5 Å². The lowest BCUT2D eigenvalue weighted by Gasteiger charge is -2.09. The van der Waals surface area contributed by atoms with Gasteiger partial charge in [0.1, 0.15) is 11.5 Å². The minimum atomic E-state index is 0.745. The Morgan fingerprint density at radius 1 is 0.905 bits per heavy atom. The van der Waals surface area contributed by atoms with Crippen LogP contribution in [0.4, 0.5) is 0 Å². The summed E-state index contributed by atoms with van der Waals surface area (Å²) in [4.78, 5) is 4.53. The molecule has 106 valence electrons. The molecule has 0 aliphatic carbocycles. The highest BCUT2D eigenvalue weighted by Gasteiger charge is 2.06. The van der Waals surface area contributed by atoms with Gasteiger partial charge in [-0.2, -0.15) is 0 Å². The van der Waals surface area contributed by atoms with Gasteiger partial charge < -0.3 is 9.47 Å². The minimum Gasteiger partial charge on any atom is -0.497 e. The highest BCUT2D eigenvalue weighted by atomic mass is 16.5. The van der Waals surface area contributed by atoms with Gasteiger partial charge in [-0.25, -0.2) is 0 Å². The average Bonchev–Trinajstić information content (AvgIpc) is 2.55. The molecule has 0 amide bonds. The molecule has 3 heteroatoms. The molecule has 0 fully saturated rings. The fraction of sp³-hybridized carbons (Fsp3) is 0.167. The molecule has 0 aliphatic rings. The van der Waals surface area contributed by atoms with Crippen molar-refractivity contribution in [1.82, 2.24) is 4.98 Å². The zero-order chi connectivity index (χ0) is 14.7. The van der Waals surface area contributed by atoms with E-state index in [1.54, 1.807) is 14.2 Å². The normalized spacial score (nSPS) is 10.6. The second-order valence-corrected chi connectivity index (χ2v) is 4.88. The van der Waals surface area contributed by atoms with E-state index in [0.717, 1.165) is 29.2 Å². The highest BCUT2D eigenvalue weighted by molar-refractivity contribution is 5.84. The van der Waals surface area contributed by atoms with Crippen LogP contribution in [0.3, 0.4) is 0 Å². The number of methoxy groups -OCH3 is 2. The van der Waals surface area contributed by atoms with Crippen LogP contribution in [0.15, 0.2) is 54.7 Å². The molecule has 0 spiro atoms. The maximum Gasteiger partial charge on any atom is 0.122 e. The molecule has 0 radical (unpaired) electrons. The largest absolute Gasteiger partial charge is 0.497 e. The van der Waals surface area contributed by atoms with Crippen molar-refractivity contribution in [1.29, 1.82) is 0 Å². The highest BCUT2D eigenvalue weighted by Crippen LogP contribution is 2.25. The van der Waals surface area contributed by atoms with E-state index in [2.05, 4.69) is 17.1 Å². The molecule has 0 bridgehead atoms. The molecule has 3 nitrogen and oxygen atoms in total. The van der Waals surface area contributed by atoms with Crippen LogP contribution in [0.1, 0.15) is 11.3 Å². The Labute approximate surface area is 124 Å². The van der Waals surface area contributed by atoms with Crippen LogP contribution in [0.2, 0.25) is 0 Å². The summed E-state index contributed by atoms with van der Waals surface area (Å²) in [6.45, 7) is 0. The van der Waals surface area contributed by atoms with Gasteiger partial charge in [-0.05, 0) is 29.1 Å². The van der Waals surface area contributed by atoms with Crippen molar-refractivity contribution in [2.45, 2.75) is 6.42 Å². The molecule has 1 heterocycles. The first-order valence-electron chi connectivity index (χ1n) is 6.85. The molecule has 3 rings (SSSR count). The Hall–Kier alpha value is -2.55. The number of rotatable bonds is 4. The van der Waals surface area contributed by atoms with Crippen LogP contribution < -0.4 is 9.47 Å². The summed E-state index contributed by atoms with van der Waals surface area (Å²) < 4.78 is 10.6. The second kappa shape index (κ2) is 5.83. The molecule has 0 atom stereocenters. The number of fused-ring (bicyclic) bond motifs is 1. The summed E-state index contributed by atoms with van der Waals surface area (Å²) in [5.74, 6) is 1.59. The van der Waals surface area contributed by atoms with E-state index < -0.39 is 0 Å². The summed E-state index contributed by atoms with van der Waals surface area (Å²) in [6, 6.07) is 16.2. The zero-order valence-electron chi connectivity index (χ0n) is 12.2. The molecule has 0 unspecified atom stereocenters. The van der Waals surface area contributed by atoms with E-state index in [4.69, 9.17) is 9.47 Å². The Kier molecular flexibility index (Phi) is 3.73.